The summed E-state index contributed by atoms with van der Waals surface area (Å²) in [5.74, 6) is 0.188. The van der Waals surface area contributed by atoms with Crippen LogP contribution in [-0.2, 0) is 14.6 Å². The van der Waals surface area contributed by atoms with Gasteiger partial charge < -0.3 is 10.6 Å². The summed E-state index contributed by atoms with van der Waals surface area (Å²) in [4.78, 5) is 11.8. The molecule has 1 heterocycles. The van der Waals surface area contributed by atoms with Crippen LogP contribution in [0.4, 0.5) is 5.69 Å². The fourth-order valence-electron chi connectivity index (χ4n) is 2.10. The molecule has 1 fully saturated rings. The number of sulfone groups is 1. The second-order valence-corrected chi connectivity index (χ2v) is 7.07. The van der Waals surface area contributed by atoms with Gasteiger partial charge >= 0.3 is 0 Å². The molecule has 1 aromatic rings. The minimum Gasteiger partial charge on any atom is -0.325 e. The first-order valence-corrected chi connectivity index (χ1v) is 8.08. The minimum absolute atomic E-state index is 0.104. The number of anilines is 1. The van der Waals surface area contributed by atoms with Crippen LogP contribution in [0.3, 0.4) is 0 Å². The third-order valence-corrected chi connectivity index (χ3v) is 4.97. The monoisotopic (exact) mass is 282 g/mol. The number of para-hydroxylation sites is 1. The number of amides is 1. The van der Waals surface area contributed by atoms with E-state index in [1.165, 1.54) is 0 Å². The fraction of sp³-hybridized carbons (Fsp3) is 0.462. The van der Waals surface area contributed by atoms with Crippen molar-refractivity contribution in [2.75, 3.05) is 23.4 Å². The molecule has 0 radical (unpaired) electrons. The maximum atomic E-state index is 11.8. The van der Waals surface area contributed by atoms with Gasteiger partial charge in [0.25, 0.3) is 0 Å². The highest BCUT2D eigenvalue weighted by Gasteiger charge is 2.27. The molecule has 2 N–H and O–H groups in total. The van der Waals surface area contributed by atoms with Gasteiger partial charge in [-0.15, -0.1) is 0 Å². The van der Waals surface area contributed by atoms with Crippen LogP contribution in [0.5, 0.6) is 0 Å². The summed E-state index contributed by atoms with van der Waals surface area (Å²) in [5, 5.41) is 5.79. The average molecular weight is 282 g/mol. The van der Waals surface area contributed by atoms with E-state index < -0.39 is 9.84 Å². The highest BCUT2D eigenvalue weighted by atomic mass is 32.2. The first kappa shape index (κ1) is 14.0. The summed E-state index contributed by atoms with van der Waals surface area (Å²) < 4.78 is 22.6. The lowest BCUT2D eigenvalue weighted by Crippen LogP contribution is -2.36. The van der Waals surface area contributed by atoms with E-state index in [9.17, 15) is 13.2 Å². The van der Waals surface area contributed by atoms with Gasteiger partial charge in [-0.2, -0.15) is 0 Å². The first-order valence-electron chi connectivity index (χ1n) is 6.25. The zero-order valence-electron chi connectivity index (χ0n) is 10.8. The summed E-state index contributed by atoms with van der Waals surface area (Å²) in [6.07, 6.45) is 0.583. The number of hydrogen-bond acceptors (Lipinski definition) is 4. The Bertz CT molecular complexity index is 569. The quantitative estimate of drug-likeness (QED) is 0.853. The van der Waals surface area contributed by atoms with E-state index in [1.54, 1.807) is 0 Å². The van der Waals surface area contributed by atoms with Crippen molar-refractivity contribution in [2.24, 2.45) is 0 Å². The molecular formula is C13H18N2O3S. The van der Waals surface area contributed by atoms with Gasteiger partial charge in [0.2, 0.25) is 5.91 Å². The van der Waals surface area contributed by atoms with Gasteiger partial charge in [-0.1, -0.05) is 18.2 Å². The zero-order valence-corrected chi connectivity index (χ0v) is 11.7. The van der Waals surface area contributed by atoms with Gasteiger partial charge in [0, 0.05) is 11.7 Å². The molecular weight excluding hydrogens is 264 g/mol. The summed E-state index contributed by atoms with van der Waals surface area (Å²) in [7, 11) is -2.90. The summed E-state index contributed by atoms with van der Waals surface area (Å²) in [6, 6.07) is 7.43. The Balaban J connectivity index is 1.81. The number of nitrogens with one attached hydrogen (secondary N) is 2. The predicted octanol–water partition coefficient (Wildman–Crippen LogP) is 0.710. The molecule has 1 aliphatic heterocycles. The van der Waals surface area contributed by atoms with Gasteiger partial charge in [-0.25, -0.2) is 8.42 Å². The normalized spacial score (nSPS) is 21.2. The Hall–Kier alpha value is -1.40. The van der Waals surface area contributed by atoms with Crippen LogP contribution in [0.1, 0.15) is 12.0 Å². The second kappa shape index (κ2) is 5.71. The number of hydrogen-bond donors (Lipinski definition) is 2. The molecule has 0 saturated carbocycles. The Morgan fingerprint density at radius 3 is 2.74 bits per heavy atom. The Kier molecular flexibility index (Phi) is 4.21. The van der Waals surface area contributed by atoms with E-state index in [0.717, 1.165) is 11.3 Å². The average Bonchev–Trinajstić information content (AvgIpc) is 2.69. The lowest BCUT2D eigenvalue weighted by molar-refractivity contribution is -0.115. The SMILES string of the molecule is Cc1ccccc1NC(=O)CN[C@H]1CCS(=O)(=O)C1. The van der Waals surface area contributed by atoms with Crippen LogP contribution in [0.15, 0.2) is 24.3 Å². The lowest BCUT2D eigenvalue weighted by Gasteiger charge is -2.12. The molecule has 5 nitrogen and oxygen atoms in total. The summed E-state index contributed by atoms with van der Waals surface area (Å²) >= 11 is 0. The van der Waals surface area contributed by atoms with Crippen LogP contribution in [0.25, 0.3) is 0 Å². The number of rotatable bonds is 4. The van der Waals surface area contributed by atoms with Crippen LogP contribution >= 0.6 is 0 Å². The minimum atomic E-state index is -2.90. The zero-order chi connectivity index (χ0) is 13.9. The highest BCUT2D eigenvalue weighted by Crippen LogP contribution is 2.13. The number of benzene rings is 1. The molecule has 1 atom stereocenters. The third kappa shape index (κ3) is 4.04. The molecule has 104 valence electrons. The van der Waals surface area contributed by atoms with Gasteiger partial charge in [0.05, 0.1) is 18.1 Å². The molecule has 0 aromatic heterocycles. The molecule has 0 spiro atoms. The van der Waals surface area contributed by atoms with E-state index in [2.05, 4.69) is 10.6 Å². The second-order valence-electron chi connectivity index (χ2n) is 4.84. The number of carbonyl (C=O) groups is 1. The standard InChI is InChI=1S/C13H18N2O3S/c1-10-4-2-3-5-12(10)15-13(16)8-14-11-6-7-19(17,18)9-11/h2-5,11,14H,6-9H2,1H3,(H,15,16)/t11-/m0/s1. The van der Waals surface area contributed by atoms with Crippen molar-refractivity contribution in [3.8, 4) is 0 Å². The van der Waals surface area contributed by atoms with Crippen molar-refractivity contribution in [1.29, 1.82) is 0 Å². The van der Waals surface area contributed by atoms with Crippen LogP contribution in [0.2, 0.25) is 0 Å². The molecule has 0 aliphatic carbocycles. The van der Waals surface area contributed by atoms with Crippen molar-refractivity contribution in [1.82, 2.24) is 5.32 Å². The summed E-state index contributed by atoms with van der Waals surface area (Å²) in [6.45, 7) is 2.06. The molecule has 2 rings (SSSR count). The fourth-order valence-corrected chi connectivity index (χ4v) is 3.81. The Morgan fingerprint density at radius 1 is 1.37 bits per heavy atom. The van der Waals surface area contributed by atoms with Crippen molar-refractivity contribution >= 4 is 21.4 Å². The van der Waals surface area contributed by atoms with Crippen LogP contribution in [0, 0.1) is 6.92 Å². The van der Waals surface area contributed by atoms with Crippen LogP contribution < -0.4 is 10.6 Å². The van der Waals surface area contributed by atoms with E-state index >= 15 is 0 Å². The molecule has 6 heteroatoms. The first-order chi connectivity index (χ1) is 8.96. The Labute approximate surface area is 113 Å². The van der Waals surface area contributed by atoms with Gasteiger partial charge in [0.1, 0.15) is 0 Å². The maximum Gasteiger partial charge on any atom is 0.238 e. The van der Waals surface area contributed by atoms with Crippen molar-refractivity contribution in [2.45, 2.75) is 19.4 Å². The Morgan fingerprint density at radius 2 is 2.11 bits per heavy atom. The van der Waals surface area contributed by atoms with Gasteiger partial charge in [-0.3, -0.25) is 4.79 Å². The third-order valence-electron chi connectivity index (χ3n) is 3.20. The molecule has 1 amide bonds. The van der Waals surface area contributed by atoms with Crippen molar-refractivity contribution < 1.29 is 13.2 Å². The number of carbonyl (C=O) groups excluding carboxylic acids is 1. The molecule has 1 aromatic carbocycles. The molecule has 0 bridgehead atoms. The molecule has 0 unspecified atom stereocenters. The molecule has 1 aliphatic rings. The predicted molar refractivity (Wildman–Crippen MR) is 74.9 cm³/mol. The summed E-state index contributed by atoms with van der Waals surface area (Å²) in [5.41, 5.74) is 1.78. The van der Waals surface area contributed by atoms with E-state index in [-0.39, 0.29) is 30.0 Å². The highest BCUT2D eigenvalue weighted by molar-refractivity contribution is 7.91. The van der Waals surface area contributed by atoms with E-state index in [1.807, 2.05) is 31.2 Å². The molecule has 1 saturated heterocycles. The van der Waals surface area contributed by atoms with Crippen molar-refractivity contribution in [3.63, 3.8) is 0 Å². The van der Waals surface area contributed by atoms with E-state index in [4.69, 9.17) is 0 Å². The van der Waals surface area contributed by atoms with Crippen LogP contribution in [-0.4, -0.2) is 38.4 Å². The van der Waals surface area contributed by atoms with Gasteiger partial charge in [0.15, 0.2) is 9.84 Å². The smallest absolute Gasteiger partial charge is 0.238 e. The lowest BCUT2D eigenvalue weighted by atomic mass is 10.2. The topological polar surface area (TPSA) is 75.3 Å². The van der Waals surface area contributed by atoms with E-state index in [0.29, 0.717) is 6.42 Å². The largest absolute Gasteiger partial charge is 0.325 e. The maximum absolute atomic E-state index is 11.8. The number of aryl methyl sites for hydroxylation is 1. The molecule has 19 heavy (non-hydrogen) atoms. The van der Waals surface area contributed by atoms with Crippen molar-refractivity contribution in [3.05, 3.63) is 29.8 Å². The van der Waals surface area contributed by atoms with Gasteiger partial charge in [-0.05, 0) is 25.0 Å².